The van der Waals surface area contributed by atoms with Crippen LogP contribution in [0, 0.1) is 11.7 Å². The van der Waals surface area contributed by atoms with Gasteiger partial charge in [-0.3, -0.25) is 9.59 Å². The molecule has 1 heterocycles. The number of nitrogens with zero attached hydrogens (tertiary/aromatic N) is 1. The first-order valence-corrected chi connectivity index (χ1v) is 8.82. The first kappa shape index (κ1) is 17.4. The maximum Gasteiger partial charge on any atom is 0.251 e. The fraction of sp³-hybridized carbons (Fsp3) is 0.400. The average molecular weight is 342 g/mol. The third kappa shape index (κ3) is 4.16. The molecule has 0 unspecified atom stereocenters. The van der Waals surface area contributed by atoms with Gasteiger partial charge in [-0.05, 0) is 55.9 Å². The summed E-state index contributed by atoms with van der Waals surface area (Å²) in [5.74, 6) is -0.0939. The Hall–Kier alpha value is -2.43. The Bertz CT molecular complexity index is 798. The van der Waals surface area contributed by atoms with Gasteiger partial charge >= 0.3 is 0 Å². The Balaban J connectivity index is 1.66. The molecule has 5 heteroatoms. The summed E-state index contributed by atoms with van der Waals surface area (Å²) >= 11 is 0. The predicted octanol–water partition coefficient (Wildman–Crippen LogP) is 3.15. The number of hydrogen-bond donors (Lipinski definition) is 1. The van der Waals surface area contributed by atoms with Gasteiger partial charge in [0.15, 0.2) is 0 Å². The van der Waals surface area contributed by atoms with Crippen LogP contribution in [0.4, 0.5) is 4.39 Å². The number of nitrogens with one attached hydrogen (secondary N) is 1. The fourth-order valence-electron chi connectivity index (χ4n) is 3.56. The van der Waals surface area contributed by atoms with Gasteiger partial charge in [-0.2, -0.15) is 0 Å². The smallest absolute Gasteiger partial charge is 0.251 e. The van der Waals surface area contributed by atoms with Crippen LogP contribution in [0.1, 0.15) is 42.1 Å². The van der Waals surface area contributed by atoms with Gasteiger partial charge in [0.1, 0.15) is 5.82 Å². The molecule has 1 fully saturated rings. The highest BCUT2D eigenvalue weighted by atomic mass is 19.1. The number of carbonyl (C=O) groups excluding carboxylic acids is 1. The van der Waals surface area contributed by atoms with Crippen LogP contribution in [0.25, 0.3) is 0 Å². The Kier molecular flexibility index (Phi) is 5.31. The van der Waals surface area contributed by atoms with Crippen LogP contribution in [-0.2, 0) is 13.0 Å². The third-order valence-corrected chi connectivity index (χ3v) is 4.99. The first-order valence-electron chi connectivity index (χ1n) is 8.82. The molecule has 1 aliphatic carbocycles. The molecule has 0 aliphatic heterocycles. The minimum atomic E-state index is -0.234. The molecule has 2 aromatic rings. The van der Waals surface area contributed by atoms with Gasteiger partial charge in [-0.15, -0.1) is 0 Å². The number of carbonyl (C=O) groups is 1. The van der Waals surface area contributed by atoms with Crippen molar-refractivity contribution in [1.82, 2.24) is 9.88 Å². The summed E-state index contributed by atoms with van der Waals surface area (Å²) in [6.45, 7) is 2.48. The number of aryl methyl sites for hydroxylation is 1. The van der Waals surface area contributed by atoms with Crippen molar-refractivity contribution in [3.8, 4) is 0 Å². The maximum atomic E-state index is 13.0. The zero-order valence-corrected chi connectivity index (χ0v) is 14.4. The largest absolute Gasteiger partial charge is 0.349 e. The van der Waals surface area contributed by atoms with E-state index >= 15 is 0 Å². The summed E-state index contributed by atoms with van der Waals surface area (Å²) in [6.07, 6.45) is 5.52. The molecule has 2 atom stereocenters. The lowest BCUT2D eigenvalue weighted by molar-refractivity contribution is 0.0927. The summed E-state index contributed by atoms with van der Waals surface area (Å²) in [5, 5.41) is 3.08. The molecule has 0 saturated heterocycles. The standard InChI is InChI=1S/C20H23FN2O2/c1-2-23-11-10-16(13-19(23)24)20(25)22-18-5-3-4-15(18)12-14-6-8-17(21)9-7-14/h6-11,13,15,18H,2-5,12H2,1H3,(H,22,25)/t15-,18-/m0/s1. The molecule has 0 radical (unpaired) electrons. The number of pyridine rings is 1. The number of rotatable bonds is 5. The first-order chi connectivity index (χ1) is 12.1. The van der Waals surface area contributed by atoms with Crippen LogP contribution >= 0.6 is 0 Å². The lowest BCUT2D eigenvalue weighted by Gasteiger charge is -2.21. The number of benzene rings is 1. The molecule has 3 rings (SSSR count). The Labute approximate surface area is 146 Å². The van der Waals surface area contributed by atoms with Crippen LogP contribution in [0.3, 0.4) is 0 Å². The highest BCUT2D eigenvalue weighted by molar-refractivity contribution is 5.94. The van der Waals surface area contributed by atoms with Gasteiger partial charge in [0, 0.05) is 30.4 Å². The second-order valence-corrected chi connectivity index (χ2v) is 6.64. The summed E-state index contributed by atoms with van der Waals surface area (Å²) in [6, 6.07) is 9.72. The van der Waals surface area contributed by atoms with E-state index in [2.05, 4.69) is 5.32 Å². The molecule has 4 nitrogen and oxygen atoms in total. The second-order valence-electron chi connectivity index (χ2n) is 6.64. The van der Waals surface area contributed by atoms with Crippen LogP contribution < -0.4 is 10.9 Å². The molecule has 1 aromatic heterocycles. The quantitative estimate of drug-likeness (QED) is 0.907. The summed E-state index contributed by atoms with van der Waals surface area (Å²) in [7, 11) is 0. The van der Waals surface area contributed by atoms with Crippen LogP contribution in [-0.4, -0.2) is 16.5 Å². The summed E-state index contributed by atoms with van der Waals surface area (Å²) < 4.78 is 14.6. The zero-order valence-electron chi connectivity index (χ0n) is 14.4. The Morgan fingerprint density at radius 1 is 1.24 bits per heavy atom. The lowest BCUT2D eigenvalue weighted by atomic mass is 9.94. The molecule has 25 heavy (non-hydrogen) atoms. The predicted molar refractivity (Wildman–Crippen MR) is 95.1 cm³/mol. The van der Waals surface area contributed by atoms with E-state index in [9.17, 15) is 14.0 Å². The van der Waals surface area contributed by atoms with Crippen molar-refractivity contribution in [2.45, 2.75) is 45.2 Å². The van der Waals surface area contributed by atoms with E-state index in [1.807, 2.05) is 6.92 Å². The van der Waals surface area contributed by atoms with E-state index in [1.54, 1.807) is 29.0 Å². The highest BCUT2D eigenvalue weighted by Crippen LogP contribution is 2.29. The van der Waals surface area contributed by atoms with Gasteiger partial charge < -0.3 is 9.88 Å². The van der Waals surface area contributed by atoms with Crippen molar-refractivity contribution in [3.63, 3.8) is 0 Å². The number of aromatic nitrogens is 1. The Morgan fingerprint density at radius 3 is 2.68 bits per heavy atom. The monoisotopic (exact) mass is 342 g/mol. The molecule has 0 spiro atoms. The van der Waals surface area contributed by atoms with Gasteiger partial charge in [-0.1, -0.05) is 18.6 Å². The van der Waals surface area contributed by atoms with Gasteiger partial charge in [0.05, 0.1) is 0 Å². The van der Waals surface area contributed by atoms with Crippen molar-refractivity contribution in [1.29, 1.82) is 0 Å². The third-order valence-electron chi connectivity index (χ3n) is 4.99. The minimum Gasteiger partial charge on any atom is -0.349 e. The summed E-state index contributed by atoms with van der Waals surface area (Å²) in [4.78, 5) is 24.4. The number of amides is 1. The van der Waals surface area contributed by atoms with Crippen molar-refractivity contribution >= 4 is 5.91 Å². The van der Waals surface area contributed by atoms with E-state index in [4.69, 9.17) is 0 Å². The molecular weight excluding hydrogens is 319 g/mol. The van der Waals surface area contributed by atoms with Crippen LogP contribution in [0.15, 0.2) is 47.4 Å². The molecule has 0 bridgehead atoms. The van der Waals surface area contributed by atoms with Crippen LogP contribution in [0.5, 0.6) is 0 Å². The highest BCUT2D eigenvalue weighted by Gasteiger charge is 2.29. The van der Waals surface area contributed by atoms with E-state index in [-0.39, 0.29) is 23.3 Å². The van der Waals surface area contributed by atoms with E-state index in [1.165, 1.54) is 18.2 Å². The van der Waals surface area contributed by atoms with Gasteiger partial charge in [0.25, 0.3) is 11.5 Å². The van der Waals surface area contributed by atoms with E-state index in [0.29, 0.717) is 18.0 Å². The lowest BCUT2D eigenvalue weighted by Crippen LogP contribution is -2.38. The molecule has 1 amide bonds. The maximum absolute atomic E-state index is 13.0. The zero-order chi connectivity index (χ0) is 17.8. The molecule has 1 saturated carbocycles. The normalized spacial score (nSPS) is 19.8. The van der Waals surface area contributed by atoms with Crippen molar-refractivity contribution < 1.29 is 9.18 Å². The molecule has 1 aromatic carbocycles. The fourth-order valence-corrected chi connectivity index (χ4v) is 3.56. The molecule has 1 N–H and O–H groups in total. The number of hydrogen-bond acceptors (Lipinski definition) is 2. The number of halogens is 1. The van der Waals surface area contributed by atoms with Crippen molar-refractivity contribution in [3.05, 3.63) is 69.9 Å². The Morgan fingerprint density at radius 2 is 2.00 bits per heavy atom. The van der Waals surface area contributed by atoms with Crippen molar-refractivity contribution in [2.24, 2.45) is 5.92 Å². The topological polar surface area (TPSA) is 51.1 Å². The van der Waals surface area contributed by atoms with Crippen LogP contribution in [0.2, 0.25) is 0 Å². The van der Waals surface area contributed by atoms with E-state index < -0.39 is 0 Å². The second kappa shape index (κ2) is 7.64. The van der Waals surface area contributed by atoms with Gasteiger partial charge in [0.2, 0.25) is 0 Å². The minimum absolute atomic E-state index is 0.0890. The molecule has 132 valence electrons. The molecular formula is C20H23FN2O2. The molecule has 1 aliphatic rings. The SMILES string of the molecule is CCn1ccc(C(=O)N[C@H]2CCC[C@H]2Cc2ccc(F)cc2)cc1=O. The van der Waals surface area contributed by atoms with Gasteiger partial charge in [-0.25, -0.2) is 4.39 Å². The van der Waals surface area contributed by atoms with E-state index in [0.717, 1.165) is 31.2 Å². The summed E-state index contributed by atoms with van der Waals surface area (Å²) in [5.41, 5.74) is 1.32. The average Bonchev–Trinajstić information content (AvgIpc) is 3.03. The van der Waals surface area contributed by atoms with Crippen molar-refractivity contribution in [2.75, 3.05) is 0 Å².